The van der Waals surface area contributed by atoms with E-state index in [9.17, 15) is 18.8 Å². The average molecular weight is 399 g/mol. The van der Waals surface area contributed by atoms with Gasteiger partial charge in [-0.25, -0.2) is 4.39 Å². The highest BCUT2D eigenvalue weighted by atomic mass is 19.1. The molecule has 0 aliphatic carbocycles. The molecular formula is C22H22FNO5. The van der Waals surface area contributed by atoms with Crippen molar-refractivity contribution in [1.29, 1.82) is 0 Å². The zero-order chi connectivity index (χ0) is 21.0. The van der Waals surface area contributed by atoms with Gasteiger partial charge in [0, 0.05) is 0 Å². The number of hydrogen-bond acceptors (Lipinski definition) is 5. The number of rotatable bonds is 7. The Labute approximate surface area is 168 Å². The number of carbonyl (C=O) groups is 3. The van der Waals surface area contributed by atoms with Crippen molar-refractivity contribution in [3.63, 3.8) is 0 Å². The average Bonchev–Trinajstić information content (AvgIpc) is 2.95. The van der Waals surface area contributed by atoms with Gasteiger partial charge in [0.15, 0.2) is 5.92 Å². The zero-order valence-corrected chi connectivity index (χ0v) is 16.3. The van der Waals surface area contributed by atoms with Crippen LogP contribution in [0, 0.1) is 11.7 Å². The number of halogens is 1. The highest BCUT2D eigenvalue weighted by Crippen LogP contribution is 2.43. The molecule has 0 aromatic heterocycles. The summed E-state index contributed by atoms with van der Waals surface area (Å²) in [4.78, 5) is 39.8. The van der Waals surface area contributed by atoms with E-state index in [1.54, 1.807) is 13.8 Å². The fraction of sp³-hybridized carbons (Fsp3) is 0.318. The number of benzene rings is 2. The maximum Gasteiger partial charge on any atom is 0.321 e. The van der Waals surface area contributed by atoms with Gasteiger partial charge < -0.3 is 14.4 Å². The smallest absolute Gasteiger partial charge is 0.321 e. The molecule has 7 heteroatoms. The molecule has 1 aliphatic rings. The lowest BCUT2D eigenvalue weighted by Gasteiger charge is -2.21. The molecule has 0 fully saturated rings. The summed E-state index contributed by atoms with van der Waals surface area (Å²) in [5, 5.41) is 0. The first-order valence-corrected chi connectivity index (χ1v) is 9.45. The van der Waals surface area contributed by atoms with Crippen LogP contribution >= 0.6 is 0 Å². The molecule has 2 aromatic carbocycles. The normalized spacial score (nSPS) is 15.4. The van der Waals surface area contributed by atoms with Crippen molar-refractivity contribution in [3.05, 3.63) is 65.5 Å². The Bertz CT molecular complexity index is 897. The second-order valence-corrected chi connectivity index (χ2v) is 6.57. The monoisotopic (exact) mass is 399 g/mol. The lowest BCUT2D eigenvalue weighted by atomic mass is 9.87. The molecule has 1 unspecified atom stereocenters. The molecule has 1 amide bonds. The van der Waals surface area contributed by atoms with Crippen LogP contribution in [-0.2, 0) is 30.4 Å². The number of carbonyl (C=O) groups excluding carboxylic acids is 3. The van der Waals surface area contributed by atoms with Crippen molar-refractivity contribution in [3.8, 4) is 0 Å². The van der Waals surface area contributed by atoms with Gasteiger partial charge in [-0.05, 0) is 37.1 Å². The van der Waals surface area contributed by atoms with Gasteiger partial charge in [-0.1, -0.05) is 36.4 Å². The number of hydrogen-bond donors (Lipinski definition) is 0. The first-order valence-electron chi connectivity index (χ1n) is 9.45. The van der Waals surface area contributed by atoms with Crippen LogP contribution in [0.25, 0.3) is 0 Å². The summed E-state index contributed by atoms with van der Waals surface area (Å²) in [7, 11) is 0. The van der Waals surface area contributed by atoms with Crippen LogP contribution < -0.4 is 4.90 Å². The van der Waals surface area contributed by atoms with Gasteiger partial charge in [-0.2, -0.15) is 0 Å². The summed E-state index contributed by atoms with van der Waals surface area (Å²) in [6.45, 7) is 3.52. The van der Waals surface area contributed by atoms with Crippen molar-refractivity contribution in [2.75, 3.05) is 18.1 Å². The van der Waals surface area contributed by atoms with Gasteiger partial charge in [-0.15, -0.1) is 0 Å². The van der Waals surface area contributed by atoms with Crippen molar-refractivity contribution < 1.29 is 28.2 Å². The van der Waals surface area contributed by atoms with E-state index >= 15 is 0 Å². The Morgan fingerprint density at radius 3 is 2.24 bits per heavy atom. The molecule has 0 spiro atoms. The summed E-state index contributed by atoms with van der Waals surface area (Å²) in [6.07, 6.45) is 0. The summed E-state index contributed by atoms with van der Waals surface area (Å²) in [6, 6.07) is 13.1. The predicted octanol–water partition coefficient (Wildman–Crippen LogP) is 3.20. The summed E-state index contributed by atoms with van der Waals surface area (Å²) < 4.78 is 24.0. The molecule has 0 saturated heterocycles. The highest BCUT2D eigenvalue weighted by molar-refractivity contribution is 6.11. The van der Waals surface area contributed by atoms with Gasteiger partial charge in [0.1, 0.15) is 5.82 Å². The van der Waals surface area contributed by atoms with Gasteiger partial charge in [0.25, 0.3) is 0 Å². The van der Waals surface area contributed by atoms with Crippen molar-refractivity contribution in [2.24, 2.45) is 5.92 Å². The Morgan fingerprint density at radius 1 is 1.03 bits per heavy atom. The minimum absolute atomic E-state index is 0.0552. The number of amides is 1. The van der Waals surface area contributed by atoms with Crippen LogP contribution in [0.1, 0.15) is 30.9 Å². The molecule has 29 heavy (non-hydrogen) atoms. The minimum atomic E-state index is -1.45. The summed E-state index contributed by atoms with van der Waals surface area (Å²) in [5.74, 6) is -5.23. The molecule has 0 bridgehead atoms. The summed E-state index contributed by atoms with van der Waals surface area (Å²) >= 11 is 0. The van der Waals surface area contributed by atoms with Crippen LogP contribution in [0.15, 0.2) is 48.5 Å². The molecule has 1 atom stereocenters. The van der Waals surface area contributed by atoms with E-state index in [2.05, 4.69) is 0 Å². The van der Waals surface area contributed by atoms with Crippen LogP contribution in [-0.4, -0.2) is 31.1 Å². The third-order valence-electron chi connectivity index (χ3n) is 4.75. The number of nitrogens with zero attached hydrogens (tertiary/aromatic N) is 1. The standard InChI is InChI=1S/C22H22FNO5/c1-3-28-21(26)19(22(27)29-4-2)18-16-11-10-15(23)12-17(16)24(20(18)25)13-14-8-6-5-7-9-14/h5-12,18-19H,3-4,13H2,1-2H3. The van der Waals surface area contributed by atoms with Crippen LogP contribution in [0.5, 0.6) is 0 Å². The Morgan fingerprint density at radius 2 is 1.66 bits per heavy atom. The number of anilines is 1. The maximum absolute atomic E-state index is 14.0. The Balaban J connectivity index is 2.05. The van der Waals surface area contributed by atoms with E-state index in [1.165, 1.54) is 23.1 Å². The number of ether oxygens (including phenoxy) is 2. The van der Waals surface area contributed by atoms with Crippen LogP contribution in [0.2, 0.25) is 0 Å². The molecule has 2 aromatic rings. The molecular weight excluding hydrogens is 377 g/mol. The van der Waals surface area contributed by atoms with E-state index in [0.29, 0.717) is 11.3 Å². The van der Waals surface area contributed by atoms with Crippen LogP contribution in [0.3, 0.4) is 0 Å². The molecule has 6 nitrogen and oxygen atoms in total. The fourth-order valence-corrected chi connectivity index (χ4v) is 3.52. The molecule has 1 heterocycles. The van der Waals surface area contributed by atoms with E-state index in [1.807, 2.05) is 30.3 Å². The molecule has 1 aliphatic heterocycles. The van der Waals surface area contributed by atoms with Crippen molar-refractivity contribution in [2.45, 2.75) is 26.3 Å². The van der Waals surface area contributed by atoms with Crippen molar-refractivity contribution in [1.82, 2.24) is 0 Å². The summed E-state index contributed by atoms with van der Waals surface area (Å²) in [5.41, 5.74) is 1.57. The van der Waals surface area contributed by atoms with E-state index < -0.39 is 35.5 Å². The SMILES string of the molecule is CCOC(=O)C(C(=O)OCC)C1C(=O)N(Cc2ccccc2)c2cc(F)ccc21. The lowest BCUT2D eigenvalue weighted by Crippen LogP contribution is -2.39. The number of esters is 2. The lowest BCUT2D eigenvalue weighted by molar-refractivity contribution is -0.164. The van der Waals surface area contributed by atoms with Crippen LogP contribution in [0.4, 0.5) is 10.1 Å². The molecule has 152 valence electrons. The topological polar surface area (TPSA) is 72.9 Å². The first-order chi connectivity index (χ1) is 14.0. The first kappa shape index (κ1) is 20.5. The maximum atomic E-state index is 14.0. The van der Waals surface area contributed by atoms with Crippen molar-refractivity contribution >= 4 is 23.5 Å². The quantitative estimate of drug-likeness (QED) is 0.528. The fourth-order valence-electron chi connectivity index (χ4n) is 3.52. The third kappa shape index (κ3) is 4.13. The van der Waals surface area contributed by atoms with Gasteiger partial charge in [-0.3, -0.25) is 14.4 Å². The van der Waals surface area contributed by atoms with Gasteiger partial charge >= 0.3 is 11.9 Å². The second-order valence-electron chi connectivity index (χ2n) is 6.57. The van der Waals surface area contributed by atoms with Gasteiger partial charge in [0.05, 0.1) is 31.4 Å². The zero-order valence-electron chi connectivity index (χ0n) is 16.3. The molecule has 0 N–H and O–H groups in total. The van der Waals surface area contributed by atoms with E-state index in [-0.39, 0.29) is 19.8 Å². The predicted molar refractivity (Wildman–Crippen MR) is 104 cm³/mol. The Kier molecular flexibility index (Phi) is 6.26. The molecule has 0 saturated carbocycles. The van der Waals surface area contributed by atoms with Gasteiger partial charge in [0.2, 0.25) is 5.91 Å². The number of fused-ring (bicyclic) bond motifs is 1. The molecule has 0 radical (unpaired) electrons. The Hall–Kier alpha value is -3.22. The third-order valence-corrected chi connectivity index (χ3v) is 4.75. The molecule has 3 rings (SSSR count). The van der Waals surface area contributed by atoms with E-state index in [0.717, 1.165) is 5.56 Å². The largest absolute Gasteiger partial charge is 0.465 e. The van der Waals surface area contributed by atoms with E-state index in [4.69, 9.17) is 9.47 Å². The second kappa shape index (κ2) is 8.86. The minimum Gasteiger partial charge on any atom is -0.465 e. The highest BCUT2D eigenvalue weighted by Gasteiger charge is 2.49.